The average Bonchev–Trinajstić information content (AvgIpc) is 3.33. The average molecular weight is 456 g/mol. The fraction of sp³-hybridized carbons (Fsp3) is 0.370. The van der Waals surface area contributed by atoms with Gasteiger partial charge in [0.25, 0.3) is 5.91 Å². The van der Waals surface area contributed by atoms with E-state index in [-0.39, 0.29) is 24.0 Å². The normalized spacial score (nSPS) is 8.52. The highest BCUT2D eigenvalue weighted by molar-refractivity contribution is 6.07. The maximum atomic E-state index is 12.5. The van der Waals surface area contributed by atoms with Gasteiger partial charge in [0.15, 0.2) is 11.5 Å². The number of para-hydroxylation sites is 1. The number of aromatic nitrogens is 2. The van der Waals surface area contributed by atoms with E-state index in [9.17, 15) is 9.59 Å². The molecule has 0 aliphatic rings. The van der Waals surface area contributed by atoms with Gasteiger partial charge in [-0.3, -0.25) is 9.36 Å². The van der Waals surface area contributed by atoms with Gasteiger partial charge in [0.05, 0.1) is 6.61 Å². The lowest BCUT2D eigenvalue weighted by molar-refractivity contribution is 0.0521. The van der Waals surface area contributed by atoms with Crippen molar-refractivity contribution in [1.82, 2.24) is 9.55 Å². The van der Waals surface area contributed by atoms with Crippen LogP contribution in [0.3, 0.4) is 0 Å². The number of nitrogens with one attached hydrogen (secondary N) is 1. The molecule has 6 heteroatoms. The Morgan fingerprint density at radius 2 is 1.30 bits per heavy atom. The van der Waals surface area contributed by atoms with E-state index in [2.05, 4.69) is 10.3 Å². The minimum absolute atomic E-state index is 0.0648. The van der Waals surface area contributed by atoms with Gasteiger partial charge in [-0.1, -0.05) is 91.8 Å². The van der Waals surface area contributed by atoms with Crippen molar-refractivity contribution in [2.75, 3.05) is 11.9 Å². The van der Waals surface area contributed by atoms with Crippen molar-refractivity contribution >= 4 is 17.7 Å². The first-order valence-corrected chi connectivity index (χ1v) is 11.9. The van der Waals surface area contributed by atoms with Crippen molar-refractivity contribution in [3.05, 3.63) is 78.2 Å². The molecule has 33 heavy (non-hydrogen) atoms. The van der Waals surface area contributed by atoms with E-state index in [0.717, 1.165) is 5.69 Å². The van der Waals surface area contributed by atoms with Crippen LogP contribution in [-0.4, -0.2) is 28.0 Å². The Morgan fingerprint density at radius 3 is 1.79 bits per heavy atom. The lowest BCUT2D eigenvalue weighted by Crippen LogP contribution is -2.18. The maximum Gasteiger partial charge on any atom is 0.360 e. The number of benzene rings is 2. The maximum absolute atomic E-state index is 12.5. The number of anilines is 1. The molecule has 0 radical (unpaired) electrons. The van der Waals surface area contributed by atoms with Crippen LogP contribution in [-0.2, 0) is 4.74 Å². The van der Waals surface area contributed by atoms with Gasteiger partial charge in [-0.25, -0.2) is 9.78 Å². The molecule has 0 fully saturated rings. The highest BCUT2D eigenvalue weighted by atomic mass is 16.5. The summed E-state index contributed by atoms with van der Waals surface area (Å²) in [5.74, 6) is -0.636. The summed E-state index contributed by atoms with van der Waals surface area (Å²) in [6.07, 6.45) is 1.49. The van der Waals surface area contributed by atoms with Crippen LogP contribution in [0.4, 0.5) is 5.82 Å². The summed E-state index contributed by atoms with van der Waals surface area (Å²) in [6, 6.07) is 18.1. The number of hydrogen-bond donors (Lipinski definition) is 1. The topological polar surface area (TPSA) is 73.2 Å². The van der Waals surface area contributed by atoms with Crippen LogP contribution in [0, 0.1) is 0 Å². The molecule has 0 aliphatic carbocycles. The monoisotopic (exact) mass is 455 g/mol. The summed E-state index contributed by atoms with van der Waals surface area (Å²) in [5.41, 5.74) is 1.32. The van der Waals surface area contributed by atoms with E-state index in [1.807, 2.05) is 91.8 Å². The van der Waals surface area contributed by atoms with Gasteiger partial charge in [0, 0.05) is 11.3 Å². The second-order valence-electron chi connectivity index (χ2n) is 5.19. The Morgan fingerprint density at radius 1 is 0.818 bits per heavy atom. The molecule has 3 aromatic rings. The quantitative estimate of drug-likeness (QED) is 0.407. The smallest absolute Gasteiger partial charge is 0.360 e. The van der Waals surface area contributed by atoms with Gasteiger partial charge in [-0.15, -0.1) is 0 Å². The van der Waals surface area contributed by atoms with Crippen molar-refractivity contribution < 1.29 is 14.3 Å². The Balaban J connectivity index is 0. The summed E-state index contributed by atoms with van der Waals surface area (Å²) in [4.78, 5) is 28.8. The first-order valence-electron chi connectivity index (χ1n) is 11.9. The number of imidazole rings is 1. The second-order valence-corrected chi connectivity index (χ2v) is 5.19. The zero-order valence-electron chi connectivity index (χ0n) is 21.7. The molecule has 2 aromatic carbocycles. The number of esters is 1. The molecule has 0 unspecified atom stereocenters. The third kappa shape index (κ3) is 10.2. The van der Waals surface area contributed by atoms with Gasteiger partial charge in [0.1, 0.15) is 6.33 Å². The van der Waals surface area contributed by atoms with Gasteiger partial charge in [-0.2, -0.15) is 0 Å². The van der Waals surface area contributed by atoms with Crippen LogP contribution in [0.15, 0.2) is 67.0 Å². The Kier molecular flexibility index (Phi) is 19.7. The molecule has 1 aromatic heterocycles. The Hall–Kier alpha value is -3.41. The Labute approximate surface area is 200 Å². The SMILES string of the molecule is CC.CC.CC.CC.CCOC(=O)c1ncn(-c2ccccc2)c1NC(=O)c1ccccc1. The van der Waals surface area contributed by atoms with E-state index < -0.39 is 5.97 Å². The van der Waals surface area contributed by atoms with Crippen molar-refractivity contribution in [2.45, 2.75) is 62.3 Å². The summed E-state index contributed by atoms with van der Waals surface area (Å²) in [5, 5.41) is 2.77. The predicted molar refractivity (Wildman–Crippen MR) is 139 cm³/mol. The fourth-order valence-electron chi connectivity index (χ4n) is 2.37. The second kappa shape index (κ2) is 20.5. The third-order valence-corrected chi connectivity index (χ3v) is 3.54. The first kappa shape index (κ1) is 31.8. The number of ether oxygens (including phenoxy) is 1. The zero-order valence-corrected chi connectivity index (χ0v) is 21.7. The molecule has 0 atom stereocenters. The Bertz CT molecular complexity index is 876. The van der Waals surface area contributed by atoms with Crippen molar-refractivity contribution in [3.8, 4) is 5.69 Å². The molecule has 0 spiro atoms. The van der Waals surface area contributed by atoms with Gasteiger partial charge >= 0.3 is 5.97 Å². The highest BCUT2D eigenvalue weighted by Crippen LogP contribution is 2.22. The molecule has 1 amide bonds. The predicted octanol–water partition coefficient (Wildman–Crippen LogP) is 7.41. The van der Waals surface area contributed by atoms with E-state index in [1.165, 1.54) is 6.33 Å². The van der Waals surface area contributed by atoms with Gasteiger partial charge < -0.3 is 10.1 Å². The molecule has 6 nitrogen and oxygen atoms in total. The van der Waals surface area contributed by atoms with Crippen LogP contribution >= 0.6 is 0 Å². The van der Waals surface area contributed by atoms with Crippen molar-refractivity contribution in [1.29, 1.82) is 0 Å². The number of carbonyl (C=O) groups excluding carboxylic acids is 2. The number of carbonyl (C=O) groups is 2. The standard InChI is InChI=1S/C19H17N3O3.4C2H6/c1-2-25-19(24)16-17(21-18(23)14-9-5-3-6-10-14)22(13-20-16)15-11-7-4-8-12-15;4*1-2/h3-13H,2H2,1H3,(H,21,23);4*1-2H3. The van der Waals surface area contributed by atoms with Crippen molar-refractivity contribution in [3.63, 3.8) is 0 Å². The molecular formula is C27H41N3O3. The minimum Gasteiger partial charge on any atom is -0.461 e. The molecule has 1 N–H and O–H groups in total. The van der Waals surface area contributed by atoms with E-state index in [0.29, 0.717) is 5.56 Å². The number of nitrogens with zero attached hydrogens (tertiary/aromatic N) is 2. The first-order chi connectivity index (χ1) is 16.2. The molecule has 0 bridgehead atoms. The number of hydrogen-bond acceptors (Lipinski definition) is 4. The van der Waals surface area contributed by atoms with Crippen molar-refractivity contribution in [2.24, 2.45) is 0 Å². The molecular weight excluding hydrogens is 414 g/mol. The summed E-state index contributed by atoms with van der Waals surface area (Å²) >= 11 is 0. The lowest BCUT2D eigenvalue weighted by Gasteiger charge is -2.11. The summed E-state index contributed by atoms with van der Waals surface area (Å²) < 4.78 is 6.68. The van der Waals surface area contributed by atoms with Crippen LogP contribution in [0.5, 0.6) is 0 Å². The van der Waals surface area contributed by atoms with E-state index >= 15 is 0 Å². The minimum atomic E-state index is -0.583. The van der Waals surface area contributed by atoms with Gasteiger partial charge in [-0.05, 0) is 31.2 Å². The van der Waals surface area contributed by atoms with Crippen LogP contribution in [0.25, 0.3) is 5.69 Å². The van der Waals surface area contributed by atoms with E-state index in [1.54, 1.807) is 35.8 Å². The number of rotatable bonds is 5. The lowest BCUT2D eigenvalue weighted by atomic mass is 10.2. The molecule has 182 valence electrons. The molecule has 1 heterocycles. The summed E-state index contributed by atoms with van der Waals surface area (Å²) in [7, 11) is 0. The van der Waals surface area contributed by atoms with Gasteiger partial charge in [0.2, 0.25) is 0 Å². The zero-order chi connectivity index (χ0) is 25.6. The van der Waals surface area contributed by atoms with Crippen LogP contribution in [0.1, 0.15) is 83.2 Å². The van der Waals surface area contributed by atoms with Crippen LogP contribution < -0.4 is 5.32 Å². The third-order valence-electron chi connectivity index (χ3n) is 3.54. The molecule has 0 saturated carbocycles. The van der Waals surface area contributed by atoms with E-state index in [4.69, 9.17) is 4.74 Å². The molecule has 3 rings (SSSR count). The largest absolute Gasteiger partial charge is 0.461 e. The number of amides is 1. The van der Waals surface area contributed by atoms with Crippen LogP contribution in [0.2, 0.25) is 0 Å². The fourth-order valence-corrected chi connectivity index (χ4v) is 2.37. The molecule has 0 aliphatic heterocycles. The highest BCUT2D eigenvalue weighted by Gasteiger charge is 2.22. The summed E-state index contributed by atoms with van der Waals surface area (Å²) in [6.45, 7) is 17.9. The molecule has 0 saturated heterocycles.